The second-order valence-corrected chi connectivity index (χ2v) is 4.35. The smallest absolute Gasteiger partial charge is 0.342 e. The molecule has 0 saturated carbocycles. The number of halogens is 1. The molecule has 0 aliphatic heterocycles. The van der Waals surface area contributed by atoms with Crippen LogP contribution in [-0.2, 0) is 0 Å². The first kappa shape index (κ1) is 13.4. The Morgan fingerprint density at radius 2 is 2.24 bits per heavy atom. The molecule has 1 aromatic rings. The number of benzene rings is 1. The van der Waals surface area contributed by atoms with Gasteiger partial charge in [-0.15, -0.1) is 11.8 Å². The summed E-state index contributed by atoms with van der Waals surface area (Å²) >= 11 is 1.14. The summed E-state index contributed by atoms with van der Waals surface area (Å²) in [4.78, 5) is 20.6. The summed E-state index contributed by atoms with van der Waals surface area (Å²) in [6, 6.07) is 1.66. The van der Waals surface area contributed by atoms with Crippen molar-refractivity contribution in [3.63, 3.8) is 0 Å². The number of hydrogen-bond acceptors (Lipinski definition) is 4. The molecule has 17 heavy (non-hydrogen) atoms. The molecule has 0 bridgehead atoms. The molecule has 1 aromatic carbocycles. The van der Waals surface area contributed by atoms with E-state index in [0.29, 0.717) is 11.8 Å². The molecule has 0 radical (unpaired) electrons. The molecule has 0 spiro atoms. The minimum absolute atomic E-state index is 0.120. The van der Waals surface area contributed by atoms with Gasteiger partial charge < -0.3 is 5.11 Å². The molecule has 0 saturated heterocycles. The van der Waals surface area contributed by atoms with Gasteiger partial charge in [0.2, 0.25) is 0 Å². The maximum absolute atomic E-state index is 13.5. The van der Waals surface area contributed by atoms with E-state index in [2.05, 4.69) is 0 Å². The zero-order valence-corrected chi connectivity index (χ0v) is 9.79. The highest BCUT2D eigenvalue weighted by atomic mass is 32.2. The highest BCUT2D eigenvalue weighted by Gasteiger charge is 2.23. The highest BCUT2D eigenvalue weighted by molar-refractivity contribution is 7.99. The van der Waals surface area contributed by atoms with Crippen LogP contribution in [0.3, 0.4) is 0 Å². The van der Waals surface area contributed by atoms with Gasteiger partial charge in [0.05, 0.1) is 11.0 Å². The number of carbonyl (C=O) groups is 1. The van der Waals surface area contributed by atoms with Crippen LogP contribution in [-0.4, -0.2) is 21.8 Å². The molecule has 0 unspecified atom stereocenters. The Balaban J connectivity index is 3.24. The van der Waals surface area contributed by atoms with E-state index in [-0.39, 0.29) is 4.90 Å². The number of aromatic carboxylic acids is 1. The van der Waals surface area contributed by atoms with Crippen molar-refractivity contribution in [1.29, 1.82) is 0 Å². The average molecular weight is 259 g/mol. The minimum Gasteiger partial charge on any atom is -0.477 e. The summed E-state index contributed by atoms with van der Waals surface area (Å²) in [5.74, 6) is -1.58. The highest BCUT2D eigenvalue weighted by Crippen LogP contribution is 2.29. The predicted octanol–water partition coefficient (Wildman–Crippen LogP) is 2.93. The van der Waals surface area contributed by atoms with E-state index in [1.165, 1.54) is 0 Å². The van der Waals surface area contributed by atoms with Gasteiger partial charge in [0.15, 0.2) is 0 Å². The number of hydrogen-bond donors (Lipinski definition) is 1. The molecule has 0 aliphatic carbocycles. The summed E-state index contributed by atoms with van der Waals surface area (Å²) in [7, 11) is 0. The van der Waals surface area contributed by atoms with Gasteiger partial charge in [-0.05, 0) is 18.2 Å². The van der Waals surface area contributed by atoms with Crippen LogP contribution in [0.1, 0.15) is 23.7 Å². The van der Waals surface area contributed by atoms with Crippen LogP contribution in [0, 0.1) is 15.9 Å². The Bertz CT molecular complexity index is 464. The Labute approximate surface area is 101 Å². The SMILES string of the molecule is CCCSc1cc(C(=O)O)c([N+](=O)[O-])cc1F. The Morgan fingerprint density at radius 3 is 2.71 bits per heavy atom. The molecule has 92 valence electrons. The van der Waals surface area contributed by atoms with Crippen molar-refractivity contribution in [3.8, 4) is 0 Å². The number of carboxylic acids is 1. The third-order valence-corrected chi connectivity index (χ3v) is 3.18. The Kier molecular flexibility index (Phi) is 4.45. The lowest BCUT2D eigenvalue weighted by Gasteiger charge is -2.04. The number of rotatable bonds is 5. The van der Waals surface area contributed by atoms with Gasteiger partial charge >= 0.3 is 5.97 Å². The summed E-state index contributed by atoms with van der Waals surface area (Å²) < 4.78 is 13.5. The van der Waals surface area contributed by atoms with Crippen molar-refractivity contribution in [2.24, 2.45) is 0 Å². The summed E-state index contributed by atoms with van der Waals surface area (Å²) in [6.45, 7) is 1.90. The lowest BCUT2D eigenvalue weighted by Crippen LogP contribution is -2.04. The van der Waals surface area contributed by atoms with Crippen LogP contribution in [0.15, 0.2) is 17.0 Å². The average Bonchev–Trinajstić information content (AvgIpc) is 2.26. The molecule has 1 rings (SSSR count). The van der Waals surface area contributed by atoms with Crippen LogP contribution in [0.2, 0.25) is 0 Å². The van der Waals surface area contributed by atoms with E-state index in [4.69, 9.17) is 5.11 Å². The largest absolute Gasteiger partial charge is 0.477 e. The number of carboxylic acid groups (broad SMARTS) is 1. The molecule has 0 fully saturated rings. The van der Waals surface area contributed by atoms with E-state index in [1.54, 1.807) is 0 Å². The first-order valence-electron chi connectivity index (χ1n) is 4.81. The first-order chi connectivity index (χ1) is 7.97. The lowest BCUT2D eigenvalue weighted by atomic mass is 10.2. The quantitative estimate of drug-likeness (QED) is 0.499. The van der Waals surface area contributed by atoms with Gasteiger partial charge in [0.1, 0.15) is 11.4 Å². The van der Waals surface area contributed by atoms with Gasteiger partial charge in [-0.1, -0.05) is 6.92 Å². The Morgan fingerprint density at radius 1 is 1.59 bits per heavy atom. The van der Waals surface area contributed by atoms with Crippen molar-refractivity contribution in [2.75, 3.05) is 5.75 Å². The predicted molar refractivity (Wildman–Crippen MR) is 61.0 cm³/mol. The molecular formula is C10H10FNO4S. The number of nitrogens with zero attached hydrogens (tertiary/aromatic N) is 1. The van der Waals surface area contributed by atoms with Gasteiger partial charge in [0.25, 0.3) is 5.69 Å². The van der Waals surface area contributed by atoms with Crippen molar-refractivity contribution in [3.05, 3.63) is 33.6 Å². The Hall–Kier alpha value is -1.63. The third kappa shape index (κ3) is 3.16. The van der Waals surface area contributed by atoms with E-state index >= 15 is 0 Å². The topological polar surface area (TPSA) is 80.4 Å². The number of nitro benzene ring substituents is 1. The van der Waals surface area contributed by atoms with Crippen LogP contribution >= 0.6 is 11.8 Å². The van der Waals surface area contributed by atoms with Gasteiger partial charge in [-0.2, -0.15) is 0 Å². The fourth-order valence-corrected chi connectivity index (χ4v) is 2.01. The second-order valence-electron chi connectivity index (χ2n) is 3.21. The van der Waals surface area contributed by atoms with E-state index in [1.807, 2.05) is 6.92 Å². The van der Waals surface area contributed by atoms with Crippen molar-refractivity contribution in [1.82, 2.24) is 0 Å². The van der Waals surface area contributed by atoms with Crippen LogP contribution in [0.25, 0.3) is 0 Å². The van der Waals surface area contributed by atoms with Crippen molar-refractivity contribution < 1.29 is 19.2 Å². The van der Waals surface area contributed by atoms with E-state index in [9.17, 15) is 19.3 Å². The van der Waals surface area contributed by atoms with Gasteiger partial charge in [0, 0.05) is 4.90 Å². The van der Waals surface area contributed by atoms with E-state index in [0.717, 1.165) is 24.2 Å². The molecule has 0 atom stereocenters. The molecular weight excluding hydrogens is 249 g/mol. The van der Waals surface area contributed by atoms with Crippen LogP contribution in [0.5, 0.6) is 0 Å². The van der Waals surface area contributed by atoms with Crippen molar-refractivity contribution >= 4 is 23.4 Å². The molecule has 0 heterocycles. The maximum Gasteiger partial charge on any atom is 0.342 e. The van der Waals surface area contributed by atoms with E-state index < -0.39 is 28.0 Å². The van der Waals surface area contributed by atoms with Crippen LogP contribution in [0.4, 0.5) is 10.1 Å². The summed E-state index contributed by atoms with van der Waals surface area (Å²) in [6.07, 6.45) is 0.795. The fraction of sp³-hybridized carbons (Fsp3) is 0.300. The third-order valence-electron chi connectivity index (χ3n) is 1.94. The maximum atomic E-state index is 13.5. The minimum atomic E-state index is -1.44. The molecule has 1 N–H and O–H groups in total. The first-order valence-corrected chi connectivity index (χ1v) is 5.80. The van der Waals surface area contributed by atoms with Crippen LogP contribution < -0.4 is 0 Å². The molecule has 0 amide bonds. The normalized spacial score (nSPS) is 10.2. The summed E-state index contributed by atoms with van der Waals surface area (Å²) in [5, 5.41) is 19.4. The molecule has 0 aromatic heterocycles. The van der Waals surface area contributed by atoms with Gasteiger partial charge in [-0.25, -0.2) is 9.18 Å². The lowest BCUT2D eigenvalue weighted by molar-refractivity contribution is -0.385. The molecule has 0 aliphatic rings. The fourth-order valence-electron chi connectivity index (χ4n) is 1.19. The molecule has 7 heteroatoms. The second kappa shape index (κ2) is 5.62. The number of nitro groups is 1. The summed E-state index contributed by atoms with van der Waals surface area (Å²) in [5.41, 5.74) is -1.22. The van der Waals surface area contributed by atoms with Crippen molar-refractivity contribution in [2.45, 2.75) is 18.2 Å². The molecule has 5 nitrogen and oxygen atoms in total. The standard InChI is InChI=1S/C10H10FNO4S/c1-2-3-17-9-4-6(10(13)14)8(12(15)16)5-7(9)11/h4-5H,2-3H2,1H3,(H,13,14). The van der Waals surface area contributed by atoms with Gasteiger partial charge in [-0.3, -0.25) is 10.1 Å². The zero-order chi connectivity index (χ0) is 13.0. The number of thioether (sulfide) groups is 1. The zero-order valence-electron chi connectivity index (χ0n) is 8.97. The monoisotopic (exact) mass is 259 g/mol.